The Bertz CT molecular complexity index is 1130. The van der Waals surface area contributed by atoms with Gasteiger partial charge in [0.15, 0.2) is 0 Å². The van der Waals surface area contributed by atoms with Gasteiger partial charge >= 0.3 is 12.1 Å². The Balaban J connectivity index is 1.04. The molecule has 7 rings (SSSR count). The Morgan fingerprint density at radius 1 is 1.00 bits per heavy atom. The van der Waals surface area contributed by atoms with E-state index in [0.717, 1.165) is 25.7 Å². The SMILES string of the molecule is O=C(NC[C@H]1CCC[C@H]1C(=O)N1CC2CC1C2C(=O)O)OCC1c2ccccc2-c2ccccc21. The summed E-state index contributed by atoms with van der Waals surface area (Å²) in [6.07, 6.45) is 2.96. The van der Waals surface area contributed by atoms with Crippen molar-refractivity contribution < 1.29 is 24.2 Å². The number of carboxylic acid groups (broad SMARTS) is 1. The fourth-order valence-corrected chi connectivity index (χ4v) is 6.92. The zero-order valence-electron chi connectivity index (χ0n) is 19.6. The second-order valence-corrected chi connectivity index (χ2v) is 10.4. The van der Waals surface area contributed by atoms with Crippen LogP contribution in [0.15, 0.2) is 48.5 Å². The lowest BCUT2D eigenvalue weighted by Crippen LogP contribution is -2.47. The highest BCUT2D eigenvalue weighted by Crippen LogP contribution is 2.48. The van der Waals surface area contributed by atoms with Gasteiger partial charge in [-0.1, -0.05) is 55.0 Å². The molecule has 0 radical (unpaired) electrons. The topological polar surface area (TPSA) is 95.9 Å². The fraction of sp³-hybridized carbons (Fsp3) is 0.464. The van der Waals surface area contributed by atoms with Gasteiger partial charge in [0.05, 0.1) is 5.92 Å². The van der Waals surface area contributed by atoms with Crippen molar-refractivity contribution in [3.05, 3.63) is 59.7 Å². The summed E-state index contributed by atoms with van der Waals surface area (Å²) >= 11 is 0. The van der Waals surface area contributed by atoms with Crippen molar-refractivity contribution in [3.63, 3.8) is 0 Å². The Hall–Kier alpha value is -3.35. The van der Waals surface area contributed by atoms with Crippen LogP contribution in [-0.4, -0.2) is 53.7 Å². The van der Waals surface area contributed by atoms with E-state index in [1.54, 1.807) is 4.90 Å². The maximum Gasteiger partial charge on any atom is 0.407 e. The van der Waals surface area contributed by atoms with Gasteiger partial charge < -0.3 is 20.1 Å². The van der Waals surface area contributed by atoms with E-state index >= 15 is 0 Å². The number of carboxylic acids is 1. The molecule has 5 aliphatic rings. The Labute approximate surface area is 204 Å². The first kappa shape index (κ1) is 22.1. The van der Waals surface area contributed by atoms with Gasteiger partial charge in [0.1, 0.15) is 6.61 Å². The number of carbonyl (C=O) groups is 3. The third-order valence-electron chi connectivity index (χ3n) is 8.69. The van der Waals surface area contributed by atoms with Crippen LogP contribution in [0, 0.1) is 23.7 Å². The molecule has 7 nitrogen and oxygen atoms in total. The molecule has 2 N–H and O–H groups in total. The standard InChI is InChI=1S/C28H30N2O5/c31-26(30-14-17-12-24(30)25(17)27(32)33)18-11-5-6-16(18)13-29-28(34)35-15-23-21-9-3-1-7-19(21)20-8-2-4-10-22(20)23/h1-4,7-10,16-18,23-25H,5-6,11-15H2,(H,29,34)(H,32,33)/t16-,17?,18-,24?,25?/m1/s1. The predicted molar refractivity (Wildman–Crippen MR) is 129 cm³/mol. The minimum atomic E-state index is -0.790. The average Bonchev–Trinajstić information content (AvgIpc) is 3.62. The number of amides is 2. The molecule has 2 bridgehead atoms. The molecule has 2 aliphatic heterocycles. The van der Waals surface area contributed by atoms with E-state index in [1.807, 2.05) is 24.3 Å². The Morgan fingerprint density at radius 3 is 2.34 bits per heavy atom. The summed E-state index contributed by atoms with van der Waals surface area (Å²) in [4.78, 5) is 39.1. The third kappa shape index (κ3) is 3.68. The van der Waals surface area contributed by atoms with Crippen molar-refractivity contribution in [2.45, 2.75) is 37.6 Å². The molecule has 3 unspecified atom stereocenters. The van der Waals surface area contributed by atoms with E-state index in [1.165, 1.54) is 22.3 Å². The van der Waals surface area contributed by atoms with E-state index in [2.05, 4.69) is 29.6 Å². The maximum atomic E-state index is 13.2. The molecule has 3 aliphatic carbocycles. The first-order valence-electron chi connectivity index (χ1n) is 12.6. The summed E-state index contributed by atoms with van der Waals surface area (Å²) in [5.41, 5.74) is 4.72. The van der Waals surface area contributed by atoms with Crippen LogP contribution in [0.1, 0.15) is 42.7 Å². The molecule has 35 heavy (non-hydrogen) atoms. The largest absolute Gasteiger partial charge is 0.481 e. The minimum Gasteiger partial charge on any atom is -0.481 e. The average molecular weight is 475 g/mol. The maximum absolute atomic E-state index is 13.2. The molecule has 7 heteroatoms. The number of nitrogens with zero attached hydrogens (tertiary/aromatic N) is 1. The van der Waals surface area contributed by atoms with Crippen LogP contribution in [0.4, 0.5) is 4.79 Å². The highest BCUT2D eigenvalue weighted by molar-refractivity contribution is 5.83. The lowest BCUT2D eigenvalue weighted by atomic mass is 9.74. The number of ether oxygens (including phenoxy) is 1. The third-order valence-corrected chi connectivity index (χ3v) is 8.69. The smallest absolute Gasteiger partial charge is 0.407 e. The number of hydrogen-bond acceptors (Lipinski definition) is 4. The zero-order chi connectivity index (χ0) is 24.1. The van der Waals surface area contributed by atoms with Gasteiger partial charge in [-0.2, -0.15) is 0 Å². The highest BCUT2D eigenvalue weighted by Gasteiger charge is 2.58. The molecule has 182 valence electrons. The van der Waals surface area contributed by atoms with Gasteiger partial charge in [-0.15, -0.1) is 0 Å². The van der Waals surface area contributed by atoms with Crippen LogP contribution in [0.3, 0.4) is 0 Å². The number of carbonyl (C=O) groups excluding carboxylic acids is 2. The number of benzene rings is 2. The molecule has 0 spiro atoms. The molecule has 0 aromatic heterocycles. The molecule has 2 aromatic rings. The van der Waals surface area contributed by atoms with Crippen molar-refractivity contribution >= 4 is 18.0 Å². The van der Waals surface area contributed by atoms with E-state index < -0.39 is 18.0 Å². The summed E-state index contributed by atoms with van der Waals surface area (Å²) < 4.78 is 5.65. The van der Waals surface area contributed by atoms with Crippen LogP contribution < -0.4 is 5.32 Å². The quantitative estimate of drug-likeness (QED) is 0.663. The Kier molecular flexibility index (Phi) is 5.50. The van der Waals surface area contributed by atoms with Crippen LogP contribution in [0.5, 0.6) is 0 Å². The van der Waals surface area contributed by atoms with Crippen molar-refractivity contribution in [1.82, 2.24) is 10.2 Å². The van der Waals surface area contributed by atoms with E-state index in [4.69, 9.17) is 4.74 Å². The van der Waals surface area contributed by atoms with E-state index in [-0.39, 0.29) is 42.2 Å². The fourth-order valence-electron chi connectivity index (χ4n) is 6.92. The van der Waals surface area contributed by atoms with E-state index in [0.29, 0.717) is 13.1 Å². The molecule has 5 atom stereocenters. The predicted octanol–water partition coefficient (Wildman–Crippen LogP) is 3.87. The lowest BCUT2D eigenvalue weighted by Gasteiger charge is -2.34. The van der Waals surface area contributed by atoms with Crippen molar-refractivity contribution in [3.8, 4) is 11.1 Å². The zero-order valence-corrected chi connectivity index (χ0v) is 19.6. The summed E-state index contributed by atoms with van der Waals surface area (Å²) in [6, 6.07) is 16.3. The first-order valence-corrected chi connectivity index (χ1v) is 12.6. The van der Waals surface area contributed by atoms with Crippen molar-refractivity contribution in [1.29, 1.82) is 0 Å². The van der Waals surface area contributed by atoms with Crippen molar-refractivity contribution in [2.75, 3.05) is 19.7 Å². The molecule has 2 aromatic carbocycles. The number of nitrogens with one attached hydrogen (secondary N) is 1. The normalized spacial score (nSPS) is 28.2. The Morgan fingerprint density at radius 2 is 1.69 bits per heavy atom. The second-order valence-electron chi connectivity index (χ2n) is 10.4. The molecule has 2 heterocycles. The summed E-state index contributed by atoms with van der Waals surface area (Å²) in [7, 11) is 0. The molecule has 4 fully saturated rings. The number of fused-ring (bicyclic) bond motifs is 4. The van der Waals surface area contributed by atoms with Gasteiger partial charge in [0.2, 0.25) is 5.91 Å². The lowest BCUT2D eigenvalue weighted by molar-refractivity contribution is -0.149. The van der Waals surface area contributed by atoms with Gasteiger partial charge in [-0.25, -0.2) is 4.79 Å². The summed E-state index contributed by atoms with van der Waals surface area (Å²) in [5, 5.41) is 12.3. The van der Waals surface area contributed by atoms with Gasteiger partial charge in [0, 0.05) is 31.0 Å². The van der Waals surface area contributed by atoms with Gasteiger partial charge in [0.25, 0.3) is 0 Å². The molecular weight excluding hydrogens is 444 g/mol. The minimum absolute atomic E-state index is 0.0118. The van der Waals surface area contributed by atoms with Crippen LogP contribution in [0.2, 0.25) is 0 Å². The van der Waals surface area contributed by atoms with E-state index in [9.17, 15) is 19.5 Å². The monoisotopic (exact) mass is 474 g/mol. The van der Waals surface area contributed by atoms with Crippen LogP contribution >= 0.6 is 0 Å². The van der Waals surface area contributed by atoms with Crippen LogP contribution in [0.25, 0.3) is 11.1 Å². The summed E-state index contributed by atoms with van der Waals surface area (Å²) in [6.45, 7) is 1.22. The molecule has 2 saturated carbocycles. The number of alkyl carbamates (subject to hydrolysis) is 1. The van der Waals surface area contributed by atoms with Crippen molar-refractivity contribution in [2.24, 2.45) is 23.7 Å². The first-order chi connectivity index (χ1) is 17.0. The number of rotatable bonds is 6. The highest BCUT2D eigenvalue weighted by atomic mass is 16.5. The van der Waals surface area contributed by atoms with Crippen LogP contribution in [-0.2, 0) is 14.3 Å². The molecule has 2 amide bonds. The number of aliphatic carboxylic acids is 1. The summed E-state index contributed by atoms with van der Waals surface area (Å²) in [5.74, 6) is -1.11. The molecule has 2 saturated heterocycles. The van der Waals surface area contributed by atoms with Gasteiger partial charge in [-0.05, 0) is 53.4 Å². The number of hydrogen-bond donors (Lipinski definition) is 2. The van der Waals surface area contributed by atoms with Gasteiger partial charge in [-0.3, -0.25) is 9.59 Å². The molecular formula is C28H30N2O5. The second kappa shape index (κ2) is 8.70.